The summed E-state index contributed by atoms with van der Waals surface area (Å²) in [5.74, 6) is -0.179. The molecule has 6 heteroatoms. The number of aromatic nitrogens is 1. The highest BCUT2D eigenvalue weighted by Gasteiger charge is 2.27. The Labute approximate surface area is 139 Å². The molecular formula is C17H19N3O2S. The van der Waals surface area contributed by atoms with Crippen LogP contribution in [0.3, 0.4) is 0 Å². The van der Waals surface area contributed by atoms with Gasteiger partial charge in [0.15, 0.2) is 0 Å². The van der Waals surface area contributed by atoms with Crippen LogP contribution >= 0.6 is 11.3 Å². The van der Waals surface area contributed by atoms with E-state index in [9.17, 15) is 9.59 Å². The van der Waals surface area contributed by atoms with E-state index >= 15 is 0 Å². The van der Waals surface area contributed by atoms with Gasteiger partial charge in [-0.15, -0.1) is 11.3 Å². The second-order valence-electron chi connectivity index (χ2n) is 5.72. The standard InChI is InChI=1S/C17H19N3O2S/c1-10-5-3-4-6-12(10)17-19-11(2)14(23-17)9-18-16(22)13-7-8-15(21)20-13/h3-6,13H,7-9H2,1-2H3,(H,18,22)(H,20,21). The molecule has 1 saturated heterocycles. The number of benzene rings is 1. The molecule has 1 aliphatic heterocycles. The molecule has 0 spiro atoms. The lowest BCUT2D eigenvalue weighted by Crippen LogP contribution is -2.41. The molecule has 3 rings (SSSR count). The summed E-state index contributed by atoms with van der Waals surface area (Å²) >= 11 is 1.60. The van der Waals surface area contributed by atoms with Crippen molar-refractivity contribution in [1.82, 2.24) is 15.6 Å². The molecule has 120 valence electrons. The van der Waals surface area contributed by atoms with E-state index in [4.69, 9.17) is 0 Å². The van der Waals surface area contributed by atoms with E-state index in [1.54, 1.807) is 11.3 Å². The summed E-state index contributed by atoms with van der Waals surface area (Å²) in [4.78, 5) is 28.9. The van der Waals surface area contributed by atoms with E-state index in [1.165, 1.54) is 5.56 Å². The third-order valence-electron chi connectivity index (χ3n) is 4.00. The molecule has 2 N–H and O–H groups in total. The average molecular weight is 329 g/mol. The predicted molar refractivity (Wildman–Crippen MR) is 90.0 cm³/mol. The summed E-state index contributed by atoms with van der Waals surface area (Å²) in [6.45, 7) is 4.47. The van der Waals surface area contributed by atoms with Gasteiger partial charge in [-0.05, 0) is 25.8 Å². The van der Waals surface area contributed by atoms with Gasteiger partial charge in [0.1, 0.15) is 11.0 Å². The van der Waals surface area contributed by atoms with Gasteiger partial charge in [0, 0.05) is 16.9 Å². The molecule has 23 heavy (non-hydrogen) atoms. The van der Waals surface area contributed by atoms with E-state index in [0.717, 1.165) is 21.1 Å². The van der Waals surface area contributed by atoms with E-state index < -0.39 is 6.04 Å². The highest BCUT2D eigenvalue weighted by atomic mass is 32.1. The van der Waals surface area contributed by atoms with Gasteiger partial charge in [-0.25, -0.2) is 4.98 Å². The molecule has 5 nitrogen and oxygen atoms in total. The lowest BCUT2D eigenvalue weighted by Gasteiger charge is -2.10. The van der Waals surface area contributed by atoms with Crippen LogP contribution in [0, 0.1) is 13.8 Å². The monoisotopic (exact) mass is 329 g/mol. The Bertz CT molecular complexity index is 754. The summed E-state index contributed by atoms with van der Waals surface area (Å²) < 4.78 is 0. The van der Waals surface area contributed by atoms with Crippen molar-refractivity contribution < 1.29 is 9.59 Å². The number of hydrogen-bond acceptors (Lipinski definition) is 4. The number of thiazole rings is 1. The van der Waals surface area contributed by atoms with Crippen molar-refractivity contribution in [3.8, 4) is 10.6 Å². The molecule has 2 amide bonds. The number of amides is 2. The zero-order valence-corrected chi connectivity index (χ0v) is 14.0. The molecule has 1 fully saturated rings. The number of rotatable bonds is 4. The van der Waals surface area contributed by atoms with Crippen LogP contribution in [0.1, 0.15) is 29.0 Å². The summed E-state index contributed by atoms with van der Waals surface area (Å²) in [5.41, 5.74) is 3.25. The first-order valence-corrected chi connectivity index (χ1v) is 8.45. The Morgan fingerprint density at radius 3 is 2.87 bits per heavy atom. The molecule has 0 saturated carbocycles. The van der Waals surface area contributed by atoms with Gasteiger partial charge in [0.2, 0.25) is 11.8 Å². The first-order valence-electron chi connectivity index (χ1n) is 7.64. The van der Waals surface area contributed by atoms with Crippen molar-refractivity contribution in [2.75, 3.05) is 0 Å². The van der Waals surface area contributed by atoms with Crippen molar-refractivity contribution in [3.05, 3.63) is 40.4 Å². The fraction of sp³-hybridized carbons (Fsp3) is 0.353. The fourth-order valence-corrected chi connectivity index (χ4v) is 3.71. The van der Waals surface area contributed by atoms with Crippen molar-refractivity contribution in [3.63, 3.8) is 0 Å². The Balaban J connectivity index is 1.68. The highest BCUT2D eigenvalue weighted by Crippen LogP contribution is 2.30. The quantitative estimate of drug-likeness (QED) is 0.904. The van der Waals surface area contributed by atoms with Gasteiger partial charge in [0.05, 0.1) is 12.2 Å². The lowest BCUT2D eigenvalue weighted by atomic mass is 10.1. The lowest BCUT2D eigenvalue weighted by molar-refractivity contribution is -0.125. The number of carbonyl (C=O) groups excluding carboxylic acids is 2. The molecule has 1 aliphatic rings. The first kappa shape index (κ1) is 15.7. The first-order chi connectivity index (χ1) is 11.0. The summed E-state index contributed by atoms with van der Waals surface area (Å²) in [6.07, 6.45) is 0.996. The van der Waals surface area contributed by atoms with Gasteiger partial charge >= 0.3 is 0 Å². The van der Waals surface area contributed by atoms with Gasteiger partial charge in [-0.1, -0.05) is 24.3 Å². The van der Waals surface area contributed by atoms with Crippen LogP contribution < -0.4 is 10.6 Å². The van der Waals surface area contributed by atoms with Crippen LogP contribution in [0.4, 0.5) is 0 Å². The molecule has 1 atom stereocenters. The van der Waals surface area contributed by atoms with Crippen LogP contribution in [0.25, 0.3) is 10.6 Å². The second-order valence-corrected chi connectivity index (χ2v) is 6.80. The third kappa shape index (κ3) is 3.42. The topological polar surface area (TPSA) is 71.1 Å². The number of nitrogens with one attached hydrogen (secondary N) is 2. The maximum atomic E-state index is 12.1. The number of hydrogen-bond donors (Lipinski definition) is 2. The minimum Gasteiger partial charge on any atom is -0.349 e. The van der Waals surface area contributed by atoms with Gasteiger partial charge in [-0.3, -0.25) is 9.59 Å². The van der Waals surface area contributed by atoms with Crippen molar-refractivity contribution >= 4 is 23.2 Å². The minimum absolute atomic E-state index is 0.0547. The Morgan fingerprint density at radius 2 is 2.17 bits per heavy atom. The summed E-state index contributed by atoms with van der Waals surface area (Å²) in [5, 5.41) is 6.55. The van der Waals surface area contributed by atoms with Crippen molar-refractivity contribution in [2.24, 2.45) is 0 Å². The van der Waals surface area contributed by atoms with E-state index in [0.29, 0.717) is 19.4 Å². The van der Waals surface area contributed by atoms with Crippen LogP contribution in [0.5, 0.6) is 0 Å². The minimum atomic E-state index is -0.397. The number of carbonyl (C=O) groups is 2. The molecule has 1 aromatic heterocycles. The fourth-order valence-electron chi connectivity index (χ4n) is 2.62. The smallest absolute Gasteiger partial charge is 0.242 e. The second kappa shape index (κ2) is 6.50. The highest BCUT2D eigenvalue weighted by molar-refractivity contribution is 7.15. The number of nitrogens with zero attached hydrogens (tertiary/aromatic N) is 1. The third-order valence-corrected chi connectivity index (χ3v) is 5.19. The van der Waals surface area contributed by atoms with Crippen LogP contribution in [0.2, 0.25) is 0 Å². The largest absolute Gasteiger partial charge is 0.349 e. The normalized spacial score (nSPS) is 17.1. The van der Waals surface area contributed by atoms with Gasteiger partial charge in [0.25, 0.3) is 0 Å². The SMILES string of the molecule is Cc1ccccc1-c1nc(C)c(CNC(=O)C2CCC(=O)N2)s1. The molecule has 1 aromatic carbocycles. The molecule has 2 heterocycles. The Hall–Kier alpha value is -2.21. The maximum absolute atomic E-state index is 12.1. The zero-order chi connectivity index (χ0) is 16.4. The molecular weight excluding hydrogens is 310 g/mol. The Kier molecular flexibility index (Phi) is 4.43. The zero-order valence-electron chi connectivity index (χ0n) is 13.2. The van der Waals surface area contributed by atoms with E-state index in [-0.39, 0.29) is 11.8 Å². The van der Waals surface area contributed by atoms with Crippen molar-refractivity contribution in [2.45, 2.75) is 39.3 Å². The molecule has 0 radical (unpaired) electrons. The molecule has 1 unspecified atom stereocenters. The average Bonchev–Trinajstić information content (AvgIpc) is 3.11. The van der Waals surface area contributed by atoms with E-state index in [1.807, 2.05) is 19.1 Å². The Morgan fingerprint density at radius 1 is 1.39 bits per heavy atom. The summed E-state index contributed by atoms with van der Waals surface area (Å²) in [7, 11) is 0. The maximum Gasteiger partial charge on any atom is 0.242 e. The molecule has 0 aliphatic carbocycles. The number of aryl methyl sites for hydroxylation is 2. The van der Waals surface area contributed by atoms with E-state index in [2.05, 4.69) is 34.7 Å². The molecule has 2 aromatic rings. The van der Waals surface area contributed by atoms with Gasteiger partial charge in [-0.2, -0.15) is 0 Å². The molecule has 0 bridgehead atoms. The van der Waals surface area contributed by atoms with Crippen LogP contribution in [0.15, 0.2) is 24.3 Å². The van der Waals surface area contributed by atoms with Crippen molar-refractivity contribution in [1.29, 1.82) is 0 Å². The predicted octanol–water partition coefficient (Wildman–Crippen LogP) is 2.32. The van der Waals surface area contributed by atoms with Gasteiger partial charge < -0.3 is 10.6 Å². The van der Waals surface area contributed by atoms with Crippen LogP contribution in [-0.2, 0) is 16.1 Å². The van der Waals surface area contributed by atoms with Crippen LogP contribution in [-0.4, -0.2) is 22.8 Å². The summed E-state index contributed by atoms with van der Waals surface area (Å²) in [6, 6.07) is 7.74.